The standard InChI is InChI=1S/C30H26BrP/c1-24(26-22-21-25-13-11-12-14-27(25)23-26)32(31,28-15-5-2-6-16-28,29-17-7-3-8-18-29)30-19-9-4-10-20-30/h2-24H,1H3. The Bertz CT molecular complexity index is 1250. The Labute approximate surface area is 198 Å². The third kappa shape index (κ3) is 3.15. The van der Waals surface area contributed by atoms with Gasteiger partial charge in [0.1, 0.15) is 0 Å². The Balaban J connectivity index is 1.89. The Kier molecular flexibility index (Phi) is 5.49. The van der Waals surface area contributed by atoms with Crippen molar-refractivity contribution >= 4 is 47.5 Å². The van der Waals surface area contributed by atoms with E-state index < -0.39 is 5.31 Å². The topological polar surface area (TPSA) is 0 Å². The minimum absolute atomic E-state index is 0.220. The molecule has 0 aliphatic carbocycles. The zero-order valence-corrected chi connectivity index (χ0v) is 20.6. The molecule has 0 bridgehead atoms. The first-order valence-electron chi connectivity index (χ1n) is 11.0. The van der Waals surface area contributed by atoms with E-state index in [1.807, 2.05) is 0 Å². The molecular weight excluding hydrogens is 471 g/mol. The van der Waals surface area contributed by atoms with E-state index in [0.29, 0.717) is 0 Å². The molecule has 0 saturated carbocycles. The van der Waals surface area contributed by atoms with Gasteiger partial charge in [0.15, 0.2) is 0 Å². The van der Waals surface area contributed by atoms with E-state index in [1.165, 1.54) is 32.2 Å². The van der Waals surface area contributed by atoms with Crippen LogP contribution in [0, 0.1) is 0 Å². The molecule has 0 aliphatic heterocycles. The summed E-state index contributed by atoms with van der Waals surface area (Å²) in [5, 5.41) is 3.52. The summed E-state index contributed by atoms with van der Waals surface area (Å²) >= 11 is 4.61. The number of fused-ring (bicyclic) bond motifs is 1. The molecule has 0 radical (unpaired) electrons. The van der Waals surface area contributed by atoms with Crippen LogP contribution in [-0.4, -0.2) is 0 Å². The third-order valence-corrected chi connectivity index (χ3v) is 18.0. The fourth-order valence-corrected chi connectivity index (χ4v) is 13.1. The van der Waals surface area contributed by atoms with Crippen LogP contribution in [0.4, 0.5) is 0 Å². The van der Waals surface area contributed by atoms with Gasteiger partial charge >= 0.3 is 199 Å². The van der Waals surface area contributed by atoms with E-state index in [0.717, 1.165) is 0 Å². The molecule has 5 aromatic rings. The molecular formula is C30H26BrP. The summed E-state index contributed by atoms with van der Waals surface area (Å²) in [6, 6.07) is 48.6. The molecule has 0 aromatic heterocycles. The van der Waals surface area contributed by atoms with Crippen molar-refractivity contribution < 1.29 is 0 Å². The van der Waals surface area contributed by atoms with Crippen LogP contribution in [0.3, 0.4) is 0 Å². The first-order chi connectivity index (χ1) is 15.6. The van der Waals surface area contributed by atoms with E-state index in [4.69, 9.17) is 0 Å². The number of halogens is 1. The zero-order valence-electron chi connectivity index (χ0n) is 18.1. The van der Waals surface area contributed by atoms with Gasteiger partial charge in [-0.15, -0.1) is 0 Å². The van der Waals surface area contributed by atoms with Gasteiger partial charge in [0.05, 0.1) is 0 Å². The second kappa shape index (κ2) is 8.32. The van der Waals surface area contributed by atoms with Gasteiger partial charge in [-0.1, -0.05) is 0 Å². The Hall–Kier alpha value is -2.73. The maximum absolute atomic E-state index is 4.61. The summed E-state index contributed by atoms with van der Waals surface area (Å²) in [6.07, 6.45) is 0. The molecule has 0 heterocycles. The van der Waals surface area contributed by atoms with Gasteiger partial charge in [0.2, 0.25) is 0 Å². The Morgan fingerprint density at radius 2 is 0.906 bits per heavy atom. The van der Waals surface area contributed by atoms with Crippen molar-refractivity contribution in [2.75, 3.05) is 0 Å². The summed E-state index contributed by atoms with van der Waals surface area (Å²) in [6.45, 7) is 2.39. The molecule has 0 aliphatic rings. The van der Waals surface area contributed by atoms with Gasteiger partial charge in [-0.2, -0.15) is 0 Å². The molecule has 0 N–H and O–H groups in total. The van der Waals surface area contributed by atoms with Crippen LogP contribution >= 0.6 is 20.8 Å². The van der Waals surface area contributed by atoms with Crippen molar-refractivity contribution in [3.63, 3.8) is 0 Å². The molecule has 1 unspecified atom stereocenters. The SMILES string of the molecule is CC(c1ccc2ccccc2c1)P(Br)(c1ccccc1)(c1ccccc1)c1ccccc1. The van der Waals surface area contributed by atoms with E-state index in [1.54, 1.807) is 0 Å². The molecule has 5 rings (SSSR count). The minimum atomic E-state index is -3.07. The molecule has 0 saturated heterocycles. The molecule has 2 heteroatoms. The van der Waals surface area contributed by atoms with Gasteiger partial charge in [0.25, 0.3) is 0 Å². The average molecular weight is 497 g/mol. The van der Waals surface area contributed by atoms with Gasteiger partial charge in [-0.3, -0.25) is 0 Å². The van der Waals surface area contributed by atoms with Gasteiger partial charge in [0, 0.05) is 0 Å². The van der Waals surface area contributed by atoms with E-state index in [-0.39, 0.29) is 5.66 Å². The second-order valence-corrected chi connectivity index (χ2v) is 17.3. The van der Waals surface area contributed by atoms with Gasteiger partial charge in [-0.25, -0.2) is 0 Å². The van der Waals surface area contributed by atoms with Crippen molar-refractivity contribution in [2.45, 2.75) is 12.6 Å². The fraction of sp³-hybridized carbons (Fsp3) is 0.0667. The van der Waals surface area contributed by atoms with Crippen LogP contribution in [0.2, 0.25) is 0 Å². The molecule has 158 valence electrons. The summed E-state index contributed by atoms with van der Waals surface area (Å²) in [5.74, 6) is 0. The van der Waals surface area contributed by atoms with E-state index in [2.05, 4.69) is 156 Å². The quantitative estimate of drug-likeness (QED) is 0.218. The van der Waals surface area contributed by atoms with Crippen LogP contribution in [0.1, 0.15) is 18.1 Å². The summed E-state index contributed by atoms with van der Waals surface area (Å²) < 4.78 is 0. The zero-order chi connectivity index (χ0) is 22.0. The van der Waals surface area contributed by atoms with Crippen LogP contribution in [-0.2, 0) is 0 Å². The molecule has 0 amide bonds. The molecule has 5 aromatic carbocycles. The molecule has 1 atom stereocenters. The maximum atomic E-state index is 4.61. The fourth-order valence-electron chi connectivity index (χ4n) is 5.02. The molecule has 32 heavy (non-hydrogen) atoms. The summed E-state index contributed by atoms with van der Waals surface area (Å²) in [4.78, 5) is 0. The van der Waals surface area contributed by atoms with Crippen molar-refractivity contribution in [3.8, 4) is 0 Å². The first-order valence-corrected chi connectivity index (χ1v) is 15.3. The number of benzene rings is 5. The number of rotatable bonds is 5. The average Bonchev–Trinajstić information content (AvgIpc) is 2.89. The van der Waals surface area contributed by atoms with Crippen molar-refractivity contribution in [2.24, 2.45) is 0 Å². The van der Waals surface area contributed by atoms with Crippen LogP contribution in [0.15, 0.2) is 133 Å². The van der Waals surface area contributed by atoms with Crippen LogP contribution in [0.5, 0.6) is 0 Å². The van der Waals surface area contributed by atoms with Crippen molar-refractivity contribution in [1.29, 1.82) is 0 Å². The molecule has 0 spiro atoms. The van der Waals surface area contributed by atoms with Gasteiger partial charge in [-0.05, 0) is 0 Å². The summed E-state index contributed by atoms with van der Waals surface area (Å²) in [7, 11) is 0. The number of hydrogen-bond donors (Lipinski definition) is 0. The number of hydrogen-bond acceptors (Lipinski definition) is 0. The van der Waals surface area contributed by atoms with E-state index in [9.17, 15) is 0 Å². The van der Waals surface area contributed by atoms with Crippen LogP contribution < -0.4 is 15.9 Å². The second-order valence-electron chi connectivity index (χ2n) is 8.36. The first kappa shape index (κ1) is 21.1. The normalized spacial score (nSPS) is 13.9. The molecule has 0 nitrogen and oxygen atoms in total. The Morgan fingerprint density at radius 3 is 1.38 bits per heavy atom. The van der Waals surface area contributed by atoms with Gasteiger partial charge < -0.3 is 0 Å². The monoisotopic (exact) mass is 496 g/mol. The summed E-state index contributed by atoms with van der Waals surface area (Å²) in [5.41, 5.74) is 1.56. The van der Waals surface area contributed by atoms with Crippen molar-refractivity contribution in [1.82, 2.24) is 0 Å². The third-order valence-electron chi connectivity index (χ3n) is 6.77. The van der Waals surface area contributed by atoms with Crippen LogP contribution in [0.25, 0.3) is 10.8 Å². The van der Waals surface area contributed by atoms with Crippen molar-refractivity contribution in [3.05, 3.63) is 139 Å². The predicted molar refractivity (Wildman–Crippen MR) is 146 cm³/mol. The van der Waals surface area contributed by atoms with E-state index >= 15 is 0 Å². The molecule has 0 fully saturated rings. The predicted octanol–water partition coefficient (Wildman–Crippen LogP) is 7.74. The Morgan fingerprint density at radius 1 is 0.500 bits per heavy atom.